The van der Waals surface area contributed by atoms with E-state index < -0.39 is 0 Å². The summed E-state index contributed by atoms with van der Waals surface area (Å²) >= 11 is 0. The number of nitrogens with one attached hydrogen (secondary N) is 1. The van der Waals surface area contributed by atoms with Gasteiger partial charge in [-0.2, -0.15) is 15.4 Å². The molecule has 0 saturated heterocycles. The fourth-order valence-electron chi connectivity index (χ4n) is 3.01. The van der Waals surface area contributed by atoms with Crippen LogP contribution in [0.1, 0.15) is 37.1 Å². The van der Waals surface area contributed by atoms with Crippen molar-refractivity contribution in [1.82, 2.24) is 20.3 Å². The van der Waals surface area contributed by atoms with Crippen molar-refractivity contribution >= 4 is 5.91 Å². The van der Waals surface area contributed by atoms with E-state index in [2.05, 4.69) is 15.4 Å². The maximum absolute atomic E-state index is 12.6. The molecular weight excluding hydrogens is 244 g/mol. The predicted octanol–water partition coefficient (Wildman–Crippen LogP) is 0.283. The Morgan fingerprint density at radius 1 is 1.32 bits per heavy atom. The van der Waals surface area contributed by atoms with Crippen LogP contribution in [0.25, 0.3) is 0 Å². The lowest BCUT2D eigenvalue weighted by molar-refractivity contribution is -0.140. The summed E-state index contributed by atoms with van der Waals surface area (Å²) in [5, 5.41) is 20.0. The average Bonchev–Trinajstić information content (AvgIpc) is 2.82. The van der Waals surface area contributed by atoms with Gasteiger partial charge < -0.3 is 10.0 Å². The normalized spacial score (nSPS) is 22.7. The number of aliphatic hydroxyl groups is 1. The lowest BCUT2D eigenvalue weighted by atomic mass is 9.86. The van der Waals surface area contributed by atoms with Gasteiger partial charge in [-0.25, -0.2) is 0 Å². The van der Waals surface area contributed by atoms with Gasteiger partial charge in [-0.15, -0.1) is 0 Å². The van der Waals surface area contributed by atoms with Crippen LogP contribution < -0.4 is 0 Å². The summed E-state index contributed by atoms with van der Waals surface area (Å²) in [4.78, 5) is 14.5. The van der Waals surface area contributed by atoms with E-state index in [4.69, 9.17) is 5.11 Å². The molecule has 3 rings (SSSR count). The molecular formula is C13H20N4O2. The minimum atomic E-state index is 0.00440. The lowest BCUT2D eigenvalue weighted by Gasteiger charge is -2.39. The molecule has 104 valence electrons. The van der Waals surface area contributed by atoms with Gasteiger partial charge in [0.05, 0.1) is 18.0 Å². The number of aliphatic hydroxyl groups excluding tert-OH is 1. The van der Waals surface area contributed by atoms with Crippen LogP contribution in [0.5, 0.6) is 0 Å². The number of hydrogen-bond acceptors (Lipinski definition) is 4. The Kier molecular flexibility index (Phi) is 3.50. The molecule has 1 saturated carbocycles. The highest BCUT2D eigenvalue weighted by Gasteiger charge is 2.35. The predicted molar refractivity (Wildman–Crippen MR) is 68.3 cm³/mol. The molecule has 6 nitrogen and oxygen atoms in total. The number of aryl methyl sites for hydroxylation is 1. The van der Waals surface area contributed by atoms with Crippen molar-refractivity contribution in [3.05, 3.63) is 11.4 Å². The number of amides is 1. The van der Waals surface area contributed by atoms with E-state index in [0.29, 0.717) is 19.0 Å². The van der Waals surface area contributed by atoms with Crippen LogP contribution in [-0.2, 0) is 17.6 Å². The van der Waals surface area contributed by atoms with Crippen LogP contribution in [0.15, 0.2) is 0 Å². The summed E-state index contributed by atoms with van der Waals surface area (Å²) in [5.74, 6) is 0.192. The number of aromatic nitrogens is 3. The van der Waals surface area contributed by atoms with Crippen LogP contribution in [0, 0.1) is 5.92 Å². The molecule has 0 bridgehead atoms. The number of carbonyl (C=O) groups is 1. The number of nitrogens with zero attached hydrogens (tertiary/aromatic N) is 3. The standard InChI is InChI=1S/C13H20N4O2/c18-7-6-17(10-2-1-3-10)13(19)9-4-5-11-12(8-9)15-16-14-11/h9-10,18H,1-8H2,(H,14,15,16). The second-order valence-corrected chi connectivity index (χ2v) is 5.50. The highest BCUT2D eigenvalue weighted by molar-refractivity contribution is 5.79. The molecule has 2 aliphatic carbocycles. The molecule has 1 fully saturated rings. The zero-order chi connectivity index (χ0) is 13.2. The Labute approximate surface area is 112 Å². The first-order chi connectivity index (χ1) is 9.29. The van der Waals surface area contributed by atoms with Gasteiger partial charge in [0.2, 0.25) is 5.91 Å². The zero-order valence-corrected chi connectivity index (χ0v) is 11.0. The van der Waals surface area contributed by atoms with E-state index in [-0.39, 0.29) is 18.4 Å². The summed E-state index contributed by atoms with van der Waals surface area (Å²) in [7, 11) is 0. The molecule has 6 heteroatoms. The monoisotopic (exact) mass is 264 g/mol. The molecule has 1 aromatic heterocycles. The Hall–Kier alpha value is -1.43. The van der Waals surface area contributed by atoms with Crippen LogP contribution in [-0.4, -0.2) is 50.5 Å². The third kappa shape index (κ3) is 2.36. The second-order valence-electron chi connectivity index (χ2n) is 5.50. The third-order valence-corrected chi connectivity index (χ3v) is 4.36. The molecule has 1 aromatic rings. The van der Waals surface area contributed by atoms with Crippen molar-refractivity contribution in [1.29, 1.82) is 0 Å². The van der Waals surface area contributed by atoms with E-state index in [1.165, 1.54) is 6.42 Å². The first-order valence-corrected chi connectivity index (χ1v) is 7.09. The largest absolute Gasteiger partial charge is 0.395 e. The molecule has 1 atom stereocenters. The molecule has 0 aromatic carbocycles. The fourth-order valence-corrected chi connectivity index (χ4v) is 3.01. The first-order valence-electron chi connectivity index (χ1n) is 7.09. The van der Waals surface area contributed by atoms with Crippen molar-refractivity contribution in [3.63, 3.8) is 0 Å². The van der Waals surface area contributed by atoms with Crippen molar-refractivity contribution in [2.24, 2.45) is 5.92 Å². The summed E-state index contributed by atoms with van der Waals surface area (Å²) in [6, 6.07) is 0.346. The summed E-state index contributed by atoms with van der Waals surface area (Å²) in [6.07, 6.45) is 5.69. The van der Waals surface area contributed by atoms with Crippen LogP contribution in [0.3, 0.4) is 0 Å². The first kappa shape index (κ1) is 12.6. The van der Waals surface area contributed by atoms with Gasteiger partial charge in [-0.05, 0) is 32.1 Å². The molecule has 1 heterocycles. The van der Waals surface area contributed by atoms with Crippen molar-refractivity contribution < 1.29 is 9.90 Å². The Bertz CT molecular complexity index is 455. The minimum absolute atomic E-state index is 0.00440. The molecule has 1 amide bonds. The number of rotatable bonds is 4. The average molecular weight is 264 g/mol. The summed E-state index contributed by atoms with van der Waals surface area (Å²) in [5.41, 5.74) is 1.93. The number of hydrogen-bond donors (Lipinski definition) is 2. The summed E-state index contributed by atoms with van der Waals surface area (Å²) < 4.78 is 0. The van der Waals surface area contributed by atoms with Crippen LogP contribution >= 0.6 is 0 Å². The minimum Gasteiger partial charge on any atom is -0.395 e. The van der Waals surface area contributed by atoms with Gasteiger partial charge in [-0.1, -0.05) is 0 Å². The number of H-pyrrole nitrogens is 1. The van der Waals surface area contributed by atoms with E-state index >= 15 is 0 Å². The second kappa shape index (κ2) is 5.28. The van der Waals surface area contributed by atoms with E-state index in [1.54, 1.807) is 0 Å². The van der Waals surface area contributed by atoms with Gasteiger partial charge in [0.1, 0.15) is 0 Å². The maximum atomic E-state index is 12.6. The van der Waals surface area contributed by atoms with Gasteiger partial charge in [-0.3, -0.25) is 4.79 Å². The van der Waals surface area contributed by atoms with Crippen LogP contribution in [0.2, 0.25) is 0 Å². The molecule has 1 unspecified atom stereocenters. The van der Waals surface area contributed by atoms with Gasteiger partial charge in [0.25, 0.3) is 0 Å². The number of fused-ring (bicyclic) bond motifs is 1. The van der Waals surface area contributed by atoms with Gasteiger partial charge >= 0.3 is 0 Å². The lowest BCUT2D eigenvalue weighted by Crippen LogP contribution is -2.49. The number of aromatic amines is 1. The van der Waals surface area contributed by atoms with E-state index in [0.717, 1.165) is 37.1 Å². The molecule has 0 aliphatic heterocycles. The molecule has 19 heavy (non-hydrogen) atoms. The van der Waals surface area contributed by atoms with Crippen LogP contribution in [0.4, 0.5) is 0 Å². The molecule has 2 N–H and O–H groups in total. The summed E-state index contributed by atoms with van der Waals surface area (Å²) in [6.45, 7) is 0.510. The van der Waals surface area contributed by atoms with Gasteiger partial charge in [0, 0.05) is 24.9 Å². The molecule has 2 aliphatic rings. The highest BCUT2D eigenvalue weighted by atomic mass is 16.3. The van der Waals surface area contributed by atoms with E-state index in [9.17, 15) is 4.79 Å². The van der Waals surface area contributed by atoms with Crippen molar-refractivity contribution in [3.8, 4) is 0 Å². The quantitative estimate of drug-likeness (QED) is 0.818. The Morgan fingerprint density at radius 3 is 2.79 bits per heavy atom. The third-order valence-electron chi connectivity index (χ3n) is 4.36. The Balaban J connectivity index is 1.69. The number of carbonyl (C=O) groups excluding carboxylic acids is 1. The highest BCUT2D eigenvalue weighted by Crippen LogP contribution is 2.29. The molecule has 0 radical (unpaired) electrons. The topological polar surface area (TPSA) is 82.1 Å². The van der Waals surface area contributed by atoms with Crippen molar-refractivity contribution in [2.45, 2.75) is 44.6 Å². The smallest absolute Gasteiger partial charge is 0.226 e. The molecule has 0 spiro atoms. The Morgan fingerprint density at radius 2 is 2.11 bits per heavy atom. The fraction of sp³-hybridized carbons (Fsp3) is 0.769. The van der Waals surface area contributed by atoms with Gasteiger partial charge in [0.15, 0.2) is 0 Å². The zero-order valence-electron chi connectivity index (χ0n) is 11.0. The maximum Gasteiger partial charge on any atom is 0.226 e. The SMILES string of the molecule is O=C(C1CCc2n[nH]nc2C1)N(CCO)C1CCC1. The van der Waals surface area contributed by atoms with E-state index in [1.807, 2.05) is 4.90 Å². The van der Waals surface area contributed by atoms with Crippen molar-refractivity contribution in [2.75, 3.05) is 13.2 Å².